The van der Waals surface area contributed by atoms with Crippen LogP contribution in [-0.2, 0) is 0 Å². The second-order valence-corrected chi connectivity index (χ2v) is 7.52. The lowest BCUT2D eigenvalue weighted by Crippen LogP contribution is -2.49. The van der Waals surface area contributed by atoms with E-state index >= 15 is 0 Å². The van der Waals surface area contributed by atoms with Crippen molar-refractivity contribution >= 4 is 29.0 Å². The number of carbonyl (C=O) groups is 1. The quantitative estimate of drug-likeness (QED) is 0.812. The molecule has 0 spiro atoms. The van der Waals surface area contributed by atoms with Gasteiger partial charge in [0.25, 0.3) is 5.91 Å². The van der Waals surface area contributed by atoms with Crippen molar-refractivity contribution in [2.24, 2.45) is 0 Å². The predicted octanol–water partition coefficient (Wildman–Crippen LogP) is 3.08. The molecule has 142 valence electrons. The van der Waals surface area contributed by atoms with Crippen molar-refractivity contribution in [1.82, 2.24) is 15.1 Å². The van der Waals surface area contributed by atoms with E-state index in [0.717, 1.165) is 42.7 Å². The molecule has 4 rings (SSSR count). The lowest BCUT2D eigenvalue weighted by Gasteiger charge is -2.36. The SMILES string of the molecule is O=C(c1ccc(N2CCCCC2)nn1)N1CCN(c2cccc(Cl)c2)CC1. The first-order chi connectivity index (χ1) is 13.2. The average molecular weight is 386 g/mol. The van der Waals surface area contributed by atoms with Gasteiger partial charge in [0.1, 0.15) is 0 Å². The first-order valence-corrected chi connectivity index (χ1v) is 9.97. The molecule has 2 aliphatic rings. The van der Waals surface area contributed by atoms with Crippen LogP contribution in [0.4, 0.5) is 11.5 Å². The summed E-state index contributed by atoms with van der Waals surface area (Å²) in [4.78, 5) is 19.1. The maximum absolute atomic E-state index is 12.8. The third-order valence-electron chi connectivity index (χ3n) is 5.29. The molecule has 1 amide bonds. The van der Waals surface area contributed by atoms with Gasteiger partial charge in [0.05, 0.1) is 0 Å². The van der Waals surface area contributed by atoms with E-state index in [0.29, 0.717) is 18.8 Å². The Labute approximate surface area is 164 Å². The first kappa shape index (κ1) is 18.0. The zero-order valence-electron chi connectivity index (χ0n) is 15.4. The minimum atomic E-state index is -0.0431. The van der Waals surface area contributed by atoms with Crippen molar-refractivity contribution in [3.05, 3.63) is 47.1 Å². The summed E-state index contributed by atoms with van der Waals surface area (Å²) in [5.41, 5.74) is 1.52. The van der Waals surface area contributed by atoms with Crippen LogP contribution >= 0.6 is 11.6 Å². The Balaban J connectivity index is 1.36. The minimum Gasteiger partial charge on any atom is -0.368 e. The molecule has 2 fully saturated rings. The maximum atomic E-state index is 12.8. The molecule has 2 saturated heterocycles. The highest BCUT2D eigenvalue weighted by atomic mass is 35.5. The lowest BCUT2D eigenvalue weighted by molar-refractivity contribution is 0.0739. The summed E-state index contributed by atoms with van der Waals surface area (Å²) in [7, 11) is 0. The molecule has 0 atom stereocenters. The van der Waals surface area contributed by atoms with Gasteiger partial charge in [-0.2, -0.15) is 0 Å². The van der Waals surface area contributed by atoms with Crippen LogP contribution in [0.3, 0.4) is 0 Å². The van der Waals surface area contributed by atoms with E-state index in [4.69, 9.17) is 11.6 Å². The number of hydrogen-bond donors (Lipinski definition) is 0. The number of anilines is 2. The Morgan fingerprint density at radius 3 is 2.30 bits per heavy atom. The van der Waals surface area contributed by atoms with E-state index in [-0.39, 0.29) is 5.91 Å². The van der Waals surface area contributed by atoms with Gasteiger partial charge < -0.3 is 14.7 Å². The van der Waals surface area contributed by atoms with E-state index < -0.39 is 0 Å². The van der Waals surface area contributed by atoms with E-state index in [1.165, 1.54) is 19.3 Å². The second kappa shape index (κ2) is 8.13. The zero-order chi connectivity index (χ0) is 18.6. The summed E-state index contributed by atoms with van der Waals surface area (Å²) in [6.45, 7) is 4.94. The molecule has 0 saturated carbocycles. The van der Waals surface area contributed by atoms with Gasteiger partial charge in [0, 0.05) is 50.0 Å². The topological polar surface area (TPSA) is 52.6 Å². The summed E-state index contributed by atoms with van der Waals surface area (Å²) in [6.07, 6.45) is 3.67. The Morgan fingerprint density at radius 1 is 0.852 bits per heavy atom. The van der Waals surface area contributed by atoms with Gasteiger partial charge in [-0.15, -0.1) is 10.2 Å². The standard InChI is InChI=1S/C20H24ClN5O/c21-16-5-4-6-17(15-16)24-11-13-26(14-12-24)20(27)18-7-8-19(23-22-18)25-9-2-1-3-10-25/h4-8,15H,1-3,9-14H2. The van der Waals surface area contributed by atoms with Gasteiger partial charge in [-0.25, -0.2) is 0 Å². The molecule has 0 N–H and O–H groups in total. The Kier molecular flexibility index (Phi) is 5.43. The van der Waals surface area contributed by atoms with Crippen LogP contribution in [0.25, 0.3) is 0 Å². The molecule has 7 heteroatoms. The molecular weight excluding hydrogens is 362 g/mol. The van der Waals surface area contributed by atoms with Crippen molar-refractivity contribution < 1.29 is 4.79 Å². The highest BCUT2D eigenvalue weighted by molar-refractivity contribution is 6.30. The van der Waals surface area contributed by atoms with E-state index in [1.54, 1.807) is 0 Å². The smallest absolute Gasteiger partial charge is 0.274 e. The number of carbonyl (C=O) groups excluding carboxylic acids is 1. The van der Waals surface area contributed by atoms with Crippen molar-refractivity contribution in [2.45, 2.75) is 19.3 Å². The van der Waals surface area contributed by atoms with Gasteiger partial charge in [-0.1, -0.05) is 17.7 Å². The Morgan fingerprint density at radius 2 is 1.63 bits per heavy atom. The third kappa shape index (κ3) is 4.16. The van der Waals surface area contributed by atoms with Gasteiger partial charge >= 0.3 is 0 Å². The number of rotatable bonds is 3. The monoisotopic (exact) mass is 385 g/mol. The molecule has 0 unspecified atom stereocenters. The summed E-state index contributed by atoms with van der Waals surface area (Å²) in [5.74, 6) is 0.829. The second-order valence-electron chi connectivity index (χ2n) is 7.08. The number of aromatic nitrogens is 2. The number of amides is 1. The van der Waals surface area contributed by atoms with E-state index in [1.807, 2.05) is 41.3 Å². The first-order valence-electron chi connectivity index (χ1n) is 9.59. The minimum absolute atomic E-state index is 0.0431. The van der Waals surface area contributed by atoms with Crippen LogP contribution in [0.5, 0.6) is 0 Å². The summed E-state index contributed by atoms with van der Waals surface area (Å²) >= 11 is 6.08. The summed E-state index contributed by atoms with van der Waals surface area (Å²) in [6, 6.07) is 11.6. The normalized spacial score (nSPS) is 17.9. The molecule has 27 heavy (non-hydrogen) atoms. The molecule has 0 aliphatic carbocycles. The van der Waals surface area contributed by atoms with Crippen LogP contribution in [0.1, 0.15) is 29.8 Å². The van der Waals surface area contributed by atoms with E-state index in [2.05, 4.69) is 20.0 Å². The van der Waals surface area contributed by atoms with Crippen molar-refractivity contribution in [2.75, 3.05) is 49.1 Å². The fourth-order valence-electron chi connectivity index (χ4n) is 3.73. The fraction of sp³-hybridized carbons (Fsp3) is 0.450. The fourth-order valence-corrected chi connectivity index (χ4v) is 3.92. The van der Waals surface area contributed by atoms with E-state index in [9.17, 15) is 4.79 Å². The van der Waals surface area contributed by atoms with Crippen molar-refractivity contribution in [3.63, 3.8) is 0 Å². The molecule has 2 aliphatic heterocycles. The number of nitrogens with zero attached hydrogens (tertiary/aromatic N) is 5. The number of benzene rings is 1. The number of hydrogen-bond acceptors (Lipinski definition) is 5. The van der Waals surface area contributed by atoms with Crippen molar-refractivity contribution in [1.29, 1.82) is 0 Å². The number of piperidine rings is 1. The molecule has 1 aromatic carbocycles. The predicted molar refractivity (Wildman–Crippen MR) is 108 cm³/mol. The molecule has 1 aromatic heterocycles. The molecule has 6 nitrogen and oxygen atoms in total. The molecule has 0 bridgehead atoms. The van der Waals surface area contributed by atoms with Crippen LogP contribution in [0.2, 0.25) is 5.02 Å². The van der Waals surface area contributed by atoms with Crippen LogP contribution < -0.4 is 9.80 Å². The lowest BCUT2D eigenvalue weighted by atomic mass is 10.1. The third-order valence-corrected chi connectivity index (χ3v) is 5.52. The summed E-state index contributed by atoms with van der Waals surface area (Å²) < 4.78 is 0. The average Bonchev–Trinajstić information content (AvgIpc) is 2.74. The van der Waals surface area contributed by atoms with Gasteiger partial charge in [-0.05, 0) is 49.6 Å². The number of piperazine rings is 1. The van der Waals surface area contributed by atoms with Crippen LogP contribution in [0.15, 0.2) is 36.4 Å². The maximum Gasteiger partial charge on any atom is 0.274 e. The zero-order valence-corrected chi connectivity index (χ0v) is 16.1. The molecule has 3 heterocycles. The highest BCUT2D eigenvalue weighted by Crippen LogP contribution is 2.21. The highest BCUT2D eigenvalue weighted by Gasteiger charge is 2.24. The van der Waals surface area contributed by atoms with Crippen LogP contribution in [-0.4, -0.2) is 60.3 Å². The van der Waals surface area contributed by atoms with Gasteiger partial charge in [-0.3, -0.25) is 4.79 Å². The summed E-state index contributed by atoms with van der Waals surface area (Å²) in [5, 5.41) is 9.23. The molecule has 2 aromatic rings. The van der Waals surface area contributed by atoms with Crippen LogP contribution in [0, 0.1) is 0 Å². The number of halogens is 1. The molecular formula is C20H24ClN5O. The molecule has 0 radical (unpaired) electrons. The van der Waals surface area contributed by atoms with Gasteiger partial charge in [0.2, 0.25) is 0 Å². The largest absolute Gasteiger partial charge is 0.368 e. The Hall–Kier alpha value is -2.34. The van der Waals surface area contributed by atoms with Gasteiger partial charge in [0.15, 0.2) is 11.5 Å². The Bertz CT molecular complexity index is 783. The van der Waals surface area contributed by atoms with Crippen molar-refractivity contribution in [3.8, 4) is 0 Å².